The number of amides is 1. The van der Waals surface area contributed by atoms with Crippen LogP contribution in [0.5, 0.6) is 0 Å². The Balaban J connectivity index is 2.38. The lowest BCUT2D eigenvalue weighted by Gasteiger charge is -2.16. The van der Waals surface area contributed by atoms with Gasteiger partial charge in [-0.1, -0.05) is 0 Å². The predicted molar refractivity (Wildman–Crippen MR) is 89.4 cm³/mol. The quantitative estimate of drug-likeness (QED) is 0.780. The van der Waals surface area contributed by atoms with Gasteiger partial charge in [-0.2, -0.15) is 10.5 Å². The second-order valence-electron chi connectivity index (χ2n) is 5.10. The molecule has 1 amide bonds. The number of rotatable bonds is 5. The van der Waals surface area contributed by atoms with Crippen molar-refractivity contribution in [2.75, 3.05) is 7.11 Å². The van der Waals surface area contributed by atoms with E-state index in [9.17, 15) is 20.1 Å². The van der Waals surface area contributed by atoms with Crippen LogP contribution in [0.1, 0.15) is 27.2 Å². The zero-order valence-corrected chi connectivity index (χ0v) is 13.7. The molecule has 1 heterocycles. The highest BCUT2D eigenvalue weighted by Gasteiger charge is 2.27. The van der Waals surface area contributed by atoms with Crippen LogP contribution in [0.25, 0.3) is 4.85 Å². The zero-order valence-electron chi connectivity index (χ0n) is 13.7. The van der Waals surface area contributed by atoms with E-state index in [1.165, 1.54) is 31.8 Å². The molecule has 0 radical (unpaired) electrons. The van der Waals surface area contributed by atoms with E-state index in [0.717, 1.165) is 0 Å². The molecule has 0 saturated carbocycles. The molecule has 2 rings (SSSR count). The number of carbonyl (C=O) groups is 2. The Morgan fingerprint density at radius 2 is 2.04 bits per heavy atom. The van der Waals surface area contributed by atoms with E-state index in [0.29, 0.717) is 5.69 Å². The molecule has 1 aromatic heterocycles. The number of carbonyl (C=O) groups excluding carboxylic acids is 2. The second-order valence-corrected chi connectivity index (χ2v) is 5.10. The van der Waals surface area contributed by atoms with Crippen molar-refractivity contribution < 1.29 is 14.3 Å². The van der Waals surface area contributed by atoms with Gasteiger partial charge >= 0.3 is 11.7 Å². The van der Waals surface area contributed by atoms with Crippen molar-refractivity contribution in [3.8, 4) is 18.7 Å². The summed E-state index contributed by atoms with van der Waals surface area (Å²) >= 11 is 0. The molecular weight excluding hydrogens is 336 g/mol. The number of hydrogen-bond donors (Lipinski definition) is 2. The number of hydrogen-bond acceptors (Lipinski definition) is 6. The number of nitrogens with zero attached hydrogens (tertiary/aromatic N) is 4. The highest BCUT2D eigenvalue weighted by molar-refractivity contribution is 6.01. The number of methoxy groups -OCH3 is 1. The van der Waals surface area contributed by atoms with Gasteiger partial charge in [0.25, 0.3) is 12.5 Å². The van der Waals surface area contributed by atoms with E-state index >= 15 is 0 Å². The fraction of sp³-hybridized carbons (Fsp3) is 0.176. The van der Waals surface area contributed by atoms with Gasteiger partial charge in [-0.15, -0.1) is 0 Å². The lowest BCUT2D eigenvalue weighted by atomic mass is 9.99. The van der Waals surface area contributed by atoms with Crippen molar-refractivity contribution >= 4 is 17.6 Å². The Morgan fingerprint density at radius 3 is 2.50 bits per heavy atom. The largest absolute Gasteiger partial charge is 0.467 e. The van der Waals surface area contributed by atoms with E-state index < -0.39 is 17.9 Å². The van der Waals surface area contributed by atoms with Gasteiger partial charge in [0.15, 0.2) is 0 Å². The normalized spacial score (nSPS) is 10.7. The van der Waals surface area contributed by atoms with Crippen LogP contribution in [0.4, 0.5) is 5.69 Å². The van der Waals surface area contributed by atoms with Crippen LogP contribution >= 0.6 is 0 Å². The highest BCUT2D eigenvalue weighted by Crippen LogP contribution is 2.22. The molecule has 9 nitrogen and oxygen atoms in total. The number of esters is 1. The summed E-state index contributed by atoms with van der Waals surface area (Å²) in [6.07, 6.45) is 3.03. The van der Waals surface area contributed by atoms with Crippen molar-refractivity contribution in [3.05, 3.63) is 51.9 Å². The van der Waals surface area contributed by atoms with E-state index in [2.05, 4.69) is 20.1 Å². The van der Waals surface area contributed by atoms with Gasteiger partial charge in [-0.05, 0) is 4.85 Å². The maximum absolute atomic E-state index is 12.7. The first-order valence-corrected chi connectivity index (χ1v) is 7.29. The summed E-state index contributed by atoms with van der Waals surface area (Å²) in [6, 6.07) is 5.17. The molecule has 0 aliphatic carbocycles. The smallest absolute Gasteiger partial charge is 0.342 e. The van der Waals surface area contributed by atoms with E-state index in [-0.39, 0.29) is 28.8 Å². The summed E-state index contributed by atoms with van der Waals surface area (Å²) in [6.45, 7) is 5.17. The van der Waals surface area contributed by atoms with Crippen molar-refractivity contribution in [2.24, 2.45) is 0 Å². The molecule has 1 atom stereocenters. The minimum atomic E-state index is -1.04. The van der Waals surface area contributed by atoms with Crippen molar-refractivity contribution in [1.29, 1.82) is 10.5 Å². The number of nitrogens with one attached hydrogen (secondary N) is 2. The third kappa shape index (κ3) is 3.84. The number of benzene rings is 1. The van der Waals surface area contributed by atoms with Gasteiger partial charge in [0, 0.05) is 30.4 Å². The Hall–Kier alpha value is -4.16. The van der Waals surface area contributed by atoms with Crippen molar-refractivity contribution in [3.63, 3.8) is 0 Å². The van der Waals surface area contributed by atoms with Crippen LogP contribution in [-0.2, 0) is 16.0 Å². The van der Waals surface area contributed by atoms with Gasteiger partial charge in [0.05, 0.1) is 30.1 Å². The SMILES string of the molecule is C#[N+]c1cc(C#N)c(C(=O)N[C@H](Cc2cnc[nH]2)C(=O)OC)c(C#N)c1. The zero-order chi connectivity index (χ0) is 19.1. The fourth-order valence-electron chi connectivity index (χ4n) is 2.30. The number of nitriles is 2. The Kier molecular flexibility index (Phi) is 5.66. The summed E-state index contributed by atoms with van der Waals surface area (Å²) in [5.74, 6) is -1.45. The third-order valence-corrected chi connectivity index (χ3v) is 3.51. The molecule has 0 saturated heterocycles. The lowest BCUT2D eigenvalue weighted by molar-refractivity contribution is -0.142. The second kappa shape index (κ2) is 8.09. The lowest BCUT2D eigenvalue weighted by Crippen LogP contribution is -2.43. The van der Waals surface area contributed by atoms with Gasteiger partial charge < -0.3 is 15.0 Å². The molecule has 0 fully saturated rings. The molecule has 2 N–H and O–H groups in total. The highest BCUT2D eigenvalue weighted by atomic mass is 16.5. The minimum Gasteiger partial charge on any atom is -0.467 e. The predicted octanol–water partition coefficient (Wildman–Crippen LogP) is 1.26. The monoisotopic (exact) mass is 349 g/mol. The molecule has 0 spiro atoms. The van der Waals surface area contributed by atoms with Gasteiger partial charge in [0.1, 0.15) is 18.2 Å². The molecule has 9 heteroatoms. The molecule has 0 bridgehead atoms. The number of ether oxygens (including phenoxy) is 1. The van der Waals surface area contributed by atoms with Crippen LogP contribution < -0.4 is 5.32 Å². The molecule has 0 unspecified atom stereocenters. The Bertz CT molecular complexity index is 925. The first kappa shape index (κ1) is 18.2. The molecule has 0 aliphatic rings. The van der Waals surface area contributed by atoms with Crippen LogP contribution in [-0.4, -0.2) is 35.0 Å². The summed E-state index contributed by atoms with van der Waals surface area (Å²) in [7, 11) is 1.19. The Labute approximate surface area is 148 Å². The van der Waals surface area contributed by atoms with Gasteiger partial charge in [-0.25, -0.2) is 9.78 Å². The van der Waals surface area contributed by atoms with Crippen molar-refractivity contribution in [1.82, 2.24) is 15.3 Å². The number of imidazole rings is 1. The number of H-pyrrole nitrogens is 1. The van der Waals surface area contributed by atoms with Crippen LogP contribution in [0.2, 0.25) is 0 Å². The summed E-state index contributed by atoms with van der Waals surface area (Å²) in [5.41, 5.74) is 0.434. The maximum atomic E-state index is 12.7. The fourth-order valence-corrected chi connectivity index (χ4v) is 2.30. The average Bonchev–Trinajstić information content (AvgIpc) is 3.18. The van der Waals surface area contributed by atoms with Crippen molar-refractivity contribution in [2.45, 2.75) is 12.5 Å². The molecule has 26 heavy (non-hydrogen) atoms. The number of aromatic nitrogens is 2. The van der Waals surface area contributed by atoms with E-state index in [4.69, 9.17) is 11.3 Å². The van der Waals surface area contributed by atoms with E-state index in [1.54, 1.807) is 0 Å². The van der Waals surface area contributed by atoms with E-state index in [1.807, 2.05) is 12.1 Å². The molecule has 128 valence electrons. The van der Waals surface area contributed by atoms with Gasteiger partial charge in [-0.3, -0.25) is 4.79 Å². The standard InChI is InChI=1S/C17H12N6O3/c1-20-12-3-10(6-18)15(11(4-12)7-19)16(24)23-14(17(25)26-2)5-13-8-21-9-22-13/h1,3-4,8-9,14H,5H2,2H3,(H-,21,22,23,24)/p+1/t14-/m1/s1. The van der Waals surface area contributed by atoms with Gasteiger partial charge in [0.2, 0.25) is 0 Å². The third-order valence-electron chi connectivity index (χ3n) is 3.51. The average molecular weight is 349 g/mol. The number of aromatic amines is 1. The van der Waals surface area contributed by atoms with Crippen LogP contribution in [0, 0.1) is 29.2 Å². The topological polar surface area (TPSA) is 136 Å². The molecule has 2 aromatic rings. The molecule has 1 aromatic carbocycles. The first-order valence-electron chi connectivity index (χ1n) is 7.29. The summed E-state index contributed by atoms with van der Waals surface area (Å²) < 4.78 is 4.70. The maximum Gasteiger partial charge on any atom is 0.342 e. The Morgan fingerprint density at radius 1 is 1.38 bits per heavy atom. The minimum absolute atomic E-state index is 0.0871. The summed E-state index contributed by atoms with van der Waals surface area (Å²) in [4.78, 5) is 34.7. The molecule has 0 aliphatic heterocycles. The first-order chi connectivity index (χ1) is 12.5. The molecular formula is C17H13N6O3+. The summed E-state index contributed by atoms with van der Waals surface area (Å²) in [5, 5.41) is 21.0. The van der Waals surface area contributed by atoms with Crippen LogP contribution in [0.15, 0.2) is 24.7 Å². The van der Waals surface area contributed by atoms with Crippen LogP contribution in [0.3, 0.4) is 0 Å².